The first kappa shape index (κ1) is 35.2. The second-order valence-electron chi connectivity index (χ2n) is 12.4. The number of alkyl halides is 3. The third-order valence-corrected chi connectivity index (χ3v) is 12.0. The number of nitrogens with one attached hydrogen (secondary N) is 2. The number of aromatic amines is 1. The summed E-state index contributed by atoms with van der Waals surface area (Å²) in [5.74, 6) is -2.59. The Bertz CT molecular complexity index is 2460. The zero-order valence-electron chi connectivity index (χ0n) is 26.9. The Kier molecular flexibility index (Phi) is 9.51. The highest BCUT2D eigenvalue weighted by molar-refractivity contribution is 9.10. The highest BCUT2D eigenvalue weighted by atomic mass is 79.9. The molecule has 4 aromatic carbocycles. The summed E-state index contributed by atoms with van der Waals surface area (Å²) in [6, 6.07) is 27.2. The van der Waals surface area contributed by atoms with Crippen LogP contribution >= 0.6 is 31.9 Å². The van der Waals surface area contributed by atoms with Gasteiger partial charge < -0.3 is 16.0 Å². The van der Waals surface area contributed by atoms with Gasteiger partial charge in [0.1, 0.15) is 0 Å². The molecule has 1 atom stereocenters. The van der Waals surface area contributed by atoms with Crippen molar-refractivity contribution in [3.8, 4) is 0 Å². The number of aromatic nitrogens is 2. The molecule has 6 aromatic rings. The van der Waals surface area contributed by atoms with Crippen LogP contribution < -0.4 is 11.1 Å². The molecule has 2 heterocycles. The van der Waals surface area contributed by atoms with Crippen LogP contribution in [-0.4, -0.2) is 42.5 Å². The summed E-state index contributed by atoms with van der Waals surface area (Å²) >= 11 is 7.15. The second-order valence-corrected chi connectivity index (χ2v) is 16.0. The molecule has 13 heteroatoms. The van der Waals surface area contributed by atoms with Gasteiger partial charge in [-0.25, -0.2) is 12.4 Å². The van der Waals surface area contributed by atoms with Crippen LogP contribution in [0.1, 0.15) is 40.3 Å². The minimum atomic E-state index is -5.02. The Hall–Kier alpha value is -4.17. The number of benzene rings is 4. The van der Waals surface area contributed by atoms with Gasteiger partial charge in [0.15, 0.2) is 0 Å². The predicted octanol–water partition coefficient (Wildman–Crippen LogP) is 8.60. The third kappa shape index (κ3) is 6.56. The molecule has 0 saturated heterocycles. The van der Waals surface area contributed by atoms with Crippen LogP contribution in [0.15, 0.2) is 117 Å². The summed E-state index contributed by atoms with van der Waals surface area (Å²) in [6.07, 6.45) is -2.20. The number of para-hydroxylation sites is 1. The summed E-state index contributed by atoms with van der Waals surface area (Å²) in [5.41, 5.74) is 13.7. The van der Waals surface area contributed by atoms with Crippen molar-refractivity contribution in [2.75, 3.05) is 13.1 Å². The van der Waals surface area contributed by atoms with Crippen molar-refractivity contribution in [1.29, 1.82) is 0 Å². The van der Waals surface area contributed by atoms with Crippen molar-refractivity contribution in [2.45, 2.75) is 36.3 Å². The van der Waals surface area contributed by atoms with E-state index in [0.29, 0.717) is 47.1 Å². The number of amides is 1. The van der Waals surface area contributed by atoms with E-state index in [1.807, 2.05) is 47.8 Å². The van der Waals surface area contributed by atoms with Crippen molar-refractivity contribution in [3.05, 3.63) is 140 Å². The molecule has 2 aromatic heterocycles. The second kappa shape index (κ2) is 13.8. The average molecular weight is 841 g/mol. The number of hydrogen-bond donors (Lipinski definition) is 3. The van der Waals surface area contributed by atoms with Crippen LogP contribution in [0.3, 0.4) is 0 Å². The van der Waals surface area contributed by atoms with E-state index in [0.717, 1.165) is 42.1 Å². The van der Waals surface area contributed by atoms with E-state index >= 15 is 0 Å². The van der Waals surface area contributed by atoms with E-state index in [4.69, 9.17) is 5.73 Å². The highest BCUT2D eigenvalue weighted by Crippen LogP contribution is 2.49. The molecule has 0 fully saturated rings. The molecular formula is C38H31Br2F3N4O3S. The van der Waals surface area contributed by atoms with E-state index in [1.165, 1.54) is 3.97 Å². The molecule has 0 aliphatic heterocycles. The zero-order chi connectivity index (χ0) is 36.1. The van der Waals surface area contributed by atoms with Crippen LogP contribution in [0.5, 0.6) is 0 Å². The van der Waals surface area contributed by atoms with Gasteiger partial charge in [0, 0.05) is 49.6 Å². The number of rotatable bonds is 10. The van der Waals surface area contributed by atoms with Crippen molar-refractivity contribution in [3.63, 3.8) is 0 Å². The molecule has 0 bridgehead atoms. The molecule has 1 aliphatic carbocycles. The van der Waals surface area contributed by atoms with Gasteiger partial charge in [-0.2, -0.15) is 13.2 Å². The van der Waals surface area contributed by atoms with E-state index in [2.05, 4.69) is 42.9 Å². The predicted molar refractivity (Wildman–Crippen MR) is 200 cm³/mol. The van der Waals surface area contributed by atoms with Crippen LogP contribution in [0.25, 0.3) is 27.4 Å². The van der Waals surface area contributed by atoms with Gasteiger partial charge in [-0.15, -0.1) is 0 Å². The van der Waals surface area contributed by atoms with Crippen LogP contribution in [0.4, 0.5) is 13.2 Å². The topological polar surface area (TPSA) is 110 Å². The molecule has 1 aliphatic rings. The Morgan fingerprint density at radius 2 is 1.63 bits per heavy atom. The average Bonchev–Trinajstić information content (AvgIpc) is 3.77. The number of nitrogens with two attached hydrogens (primary N) is 1. The molecule has 51 heavy (non-hydrogen) atoms. The Balaban J connectivity index is 1.50. The first-order valence-corrected chi connectivity index (χ1v) is 19.2. The van der Waals surface area contributed by atoms with Gasteiger partial charge in [0.2, 0.25) is 0 Å². The molecule has 7 rings (SSSR count). The van der Waals surface area contributed by atoms with Crippen molar-refractivity contribution in [1.82, 2.24) is 14.3 Å². The normalized spacial score (nSPS) is 14.0. The van der Waals surface area contributed by atoms with E-state index in [-0.39, 0.29) is 17.9 Å². The number of halogens is 5. The monoisotopic (exact) mass is 838 g/mol. The maximum absolute atomic E-state index is 14.2. The zero-order valence-corrected chi connectivity index (χ0v) is 30.9. The largest absolute Gasteiger partial charge is 0.471 e. The molecule has 0 spiro atoms. The Morgan fingerprint density at radius 1 is 0.922 bits per heavy atom. The smallest absolute Gasteiger partial charge is 0.357 e. The van der Waals surface area contributed by atoms with Gasteiger partial charge in [-0.1, -0.05) is 80.4 Å². The number of nitrogens with zero attached hydrogens (tertiary/aromatic N) is 1. The number of carbonyl (C=O) groups excluding carboxylic acids is 1. The molecule has 1 amide bonds. The third-order valence-electron chi connectivity index (χ3n) is 9.33. The van der Waals surface area contributed by atoms with E-state index in [9.17, 15) is 26.4 Å². The highest BCUT2D eigenvalue weighted by Gasteiger charge is 2.39. The quantitative estimate of drug-likeness (QED) is 0.128. The first-order chi connectivity index (χ1) is 24.4. The van der Waals surface area contributed by atoms with Crippen molar-refractivity contribution < 1.29 is 26.4 Å². The summed E-state index contributed by atoms with van der Waals surface area (Å²) in [4.78, 5) is 15.6. The maximum atomic E-state index is 14.2. The van der Waals surface area contributed by atoms with E-state index < -0.39 is 28.0 Å². The number of hydrogen-bond acceptors (Lipinski definition) is 4. The van der Waals surface area contributed by atoms with Gasteiger partial charge >= 0.3 is 12.1 Å². The van der Waals surface area contributed by atoms with Gasteiger partial charge in [-0.3, -0.25) is 4.79 Å². The summed E-state index contributed by atoms with van der Waals surface area (Å²) in [6.45, 7) is 0.0916. The molecule has 7 nitrogen and oxygen atoms in total. The van der Waals surface area contributed by atoms with Crippen LogP contribution in [0.2, 0.25) is 0 Å². The minimum absolute atomic E-state index is 0.0776. The summed E-state index contributed by atoms with van der Waals surface area (Å²) in [7, 11) is -4.04. The Labute approximate surface area is 309 Å². The summed E-state index contributed by atoms with van der Waals surface area (Å²) < 4.78 is 71.1. The molecule has 4 N–H and O–H groups in total. The minimum Gasteiger partial charge on any atom is -0.357 e. The van der Waals surface area contributed by atoms with Crippen LogP contribution in [0, 0.1) is 0 Å². The van der Waals surface area contributed by atoms with Gasteiger partial charge in [0.05, 0.1) is 10.4 Å². The lowest BCUT2D eigenvalue weighted by molar-refractivity contribution is -0.173. The maximum Gasteiger partial charge on any atom is 0.471 e. The number of carbonyl (C=O) groups is 1. The standard InChI is InChI=1S/C38H31Br2F3N4O3S/c39-23-10-12-26-22(18-23)19-31(27(26)14-16-44)35(32-21-47(34-9-5-4-8-29(32)34)51(49,50)25-6-2-1-3-7-25)36-30(15-17-45-37(48)38(41,42)43)28-13-11-24(40)20-33(28)46-36/h1-13,18,20-21,35,46H,14-17,19,44H2,(H,45,48). The van der Waals surface area contributed by atoms with Crippen molar-refractivity contribution >= 4 is 75.2 Å². The fourth-order valence-corrected chi connectivity index (χ4v) is 9.37. The summed E-state index contributed by atoms with van der Waals surface area (Å²) in [5, 5.41) is 3.51. The number of H-pyrrole nitrogens is 1. The van der Waals surface area contributed by atoms with E-state index in [1.54, 1.807) is 48.7 Å². The number of fused-ring (bicyclic) bond motifs is 3. The fourth-order valence-electron chi connectivity index (χ4n) is 7.20. The van der Waals surface area contributed by atoms with Crippen LogP contribution in [-0.2, 0) is 27.7 Å². The van der Waals surface area contributed by atoms with Crippen molar-refractivity contribution in [2.24, 2.45) is 5.73 Å². The molecular weight excluding hydrogens is 809 g/mol. The fraction of sp³-hybridized carbons (Fsp3) is 0.184. The molecule has 262 valence electrons. The first-order valence-electron chi connectivity index (χ1n) is 16.1. The lowest BCUT2D eigenvalue weighted by atomic mass is 9.82. The molecule has 0 saturated carbocycles. The molecule has 0 radical (unpaired) electrons. The lowest BCUT2D eigenvalue weighted by Crippen LogP contribution is -2.37. The molecule has 1 unspecified atom stereocenters. The van der Waals surface area contributed by atoms with Gasteiger partial charge in [-0.05, 0) is 102 Å². The Morgan fingerprint density at radius 3 is 2.37 bits per heavy atom. The van der Waals surface area contributed by atoms with Gasteiger partial charge in [0.25, 0.3) is 10.0 Å². The lowest BCUT2D eigenvalue weighted by Gasteiger charge is -2.22. The SMILES string of the molecule is NCCC1=C(C(c2[nH]c3cc(Br)ccc3c2CCNC(=O)C(F)(F)F)c2cn(S(=O)(=O)c3ccccc3)c3ccccc23)Cc2cc(Br)ccc21. The number of allylic oxidation sites excluding steroid dienone is 1.